The van der Waals surface area contributed by atoms with Crippen LogP contribution in [0.5, 0.6) is 11.5 Å². The summed E-state index contributed by atoms with van der Waals surface area (Å²) in [5.74, 6) is 0.581. The molecule has 0 saturated heterocycles. The van der Waals surface area contributed by atoms with Crippen LogP contribution in [0.25, 0.3) is 0 Å². The van der Waals surface area contributed by atoms with Gasteiger partial charge in [-0.15, -0.1) is 0 Å². The highest BCUT2D eigenvalue weighted by Gasteiger charge is 2.17. The number of carbonyl (C=O) groups excluding carboxylic acids is 2. The average Bonchev–Trinajstić information content (AvgIpc) is 2.77. The molecule has 0 aliphatic carbocycles. The fourth-order valence-corrected chi connectivity index (χ4v) is 2.93. The SMILES string of the molecule is COc1ccc(NC(=O)c2ccc(NC(=O)C(C)Oc3cc(C)ccc3Cl)cc2)cc1. The number of nitrogens with one attached hydrogen (secondary N) is 2. The number of carbonyl (C=O) groups is 2. The Balaban J connectivity index is 1.58. The molecule has 0 heterocycles. The lowest BCUT2D eigenvalue weighted by atomic mass is 10.2. The van der Waals surface area contributed by atoms with Crippen LogP contribution in [0.15, 0.2) is 66.7 Å². The van der Waals surface area contributed by atoms with Gasteiger partial charge in [0.1, 0.15) is 11.5 Å². The highest BCUT2D eigenvalue weighted by Crippen LogP contribution is 2.26. The van der Waals surface area contributed by atoms with E-state index in [0.29, 0.717) is 33.5 Å². The van der Waals surface area contributed by atoms with E-state index in [2.05, 4.69) is 10.6 Å². The van der Waals surface area contributed by atoms with Crippen LogP contribution >= 0.6 is 11.6 Å². The molecule has 7 heteroatoms. The van der Waals surface area contributed by atoms with Gasteiger partial charge in [-0.25, -0.2) is 0 Å². The molecule has 0 spiro atoms. The third-order valence-electron chi connectivity index (χ3n) is 4.52. The molecule has 1 unspecified atom stereocenters. The third-order valence-corrected chi connectivity index (χ3v) is 4.83. The van der Waals surface area contributed by atoms with E-state index < -0.39 is 6.10 Å². The maximum absolute atomic E-state index is 12.5. The number of hydrogen-bond donors (Lipinski definition) is 2. The normalized spacial score (nSPS) is 11.4. The van der Waals surface area contributed by atoms with E-state index in [1.165, 1.54) is 0 Å². The molecule has 6 nitrogen and oxygen atoms in total. The van der Waals surface area contributed by atoms with E-state index in [4.69, 9.17) is 21.1 Å². The zero-order valence-electron chi connectivity index (χ0n) is 17.4. The molecule has 3 aromatic rings. The average molecular weight is 439 g/mol. The Kier molecular flexibility index (Phi) is 7.15. The molecular weight excluding hydrogens is 416 g/mol. The largest absolute Gasteiger partial charge is 0.497 e. The van der Waals surface area contributed by atoms with Crippen molar-refractivity contribution >= 4 is 34.8 Å². The Bertz CT molecular complexity index is 1070. The van der Waals surface area contributed by atoms with Gasteiger partial charge in [-0.3, -0.25) is 9.59 Å². The first-order valence-corrected chi connectivity index (χ1v) is 10.0. The summed E-state index contributed by atoms with van der Waals surface area (Å²) >= 11 is 6.12. The summed E-state index contributed by atoms with van der Waals surface area (Å²) in [5.41, 5.74) is 2.65. The minimum Gasteiger partial charge on any atom is -0.497 e. The van der Waals surface area contributed by atoms with Crippen molar-refractivity contribution in [1.82, 2.24) is 0 Å². The number of aryl methyl sites for hydroxylation is 1. The Hall–Kier alpha value is -3.51. The first kappa shape index (κ1) is 22.2. The lowest BCUT2D eigenvalue weighted by Gasteiger charge is -2.16. The summed E-state index contributed by atoms with van der Waals surface area (Å²) in [4.78, 5) is 24.9. The molecule has 0 aromatic heterocycles. The Labute approximate surface area is 186 Å². The predicted molar refractivity (Wildman–Crippen MR) is 122 cm³/mol. The van der Waals surface area contributed by atoms with Crippen LogP contribution in [0, 0.1) is 6.92 Å². The van der Waals surface area contributed by atoms with Crippen LogP contribution in [0.2, 0.25) is 5.02 Å². The Morgan fingerprint density at radius 1 is 0.903 bits per heavy atom. The van der Waals surface area contributed by atoms with Crippen LogP contribution < -0.4 is 20.1 Å². The van der Waals surface area contributed by atoms with Gasteiger partial charge in [0.25, 0.3) is 11.8 Å². The topological polar surface area (TPSA) is 76.7 Å². The highest BCUT2D eigenvalue weighted by atomic mass is 35.5. The summed E-state index contributed by atoms with van der Waals surface area (Å²) in [6, 6.07) is 19.0. The molecule has 2 amide bonds. The maximum Gasteiger partial charge on any atom is 0.265 e. The molecule has 0 bridgehead atoms. The molecule has 0 aliphatic heterocycles. The van der Waals surface area contributed by atoms with Gasteiger partial charge in [-0.05, 0) is 80.1 Å². The van der Waals surface area contributed by atoms with Crippen molar-refractivity contribution < 1.29 is 19.1 Å². The molecule has 3 aromatic carbocycles. The number of halogens is 1. The van der Waals surface area contributed by atoms with Crippen LogP contribution in [0.1, 0.15) is 22.8 Å². The zero-order chi connectivity index (χ0) is 22.4. The molecule has 0 aliphatic rings. The van der Waals surface area contributed by atoms with Gasteiger partial charge >= 0.3 is 0 Å². The second kappa shape index (κ2) is 10.00. The van der Waals surface area contributed by atoms with Crippen molar-refractivity contribution in [3.8, 4) is 11.5 Å². The lowest BCUT2D eigenvalue weighted by Crippen LogP contribution is -2.30. The van der Waals surface area contributed by atoms with Crippen molar-refractivity contribution in [2.45, 2.75) is 20.0 Å². The summed E-state index contributed by atoms with van der Waals surface area (Å²) < 4.78 is 10.8. The van der Waals surface area contributed by atoms with Gasteiger partial charge in [0.15, 0.2) is 6.10 Å². The molecule has 3 rings (SSSR count). The fraction of sp³-hybridized carbons (Fsp3) is 0.167. The lowest BCUT2D eigenvalue weighted by molar-refractivity contribution is -0.122. The molecule has 1 atom stereocenters. The Morgan fingerprint density at radius 3 is 2.16 bits per heavy atom. The monoisotopic (exact) mass is 438 g/mol. The van der Waals surface area contributed by atoms with Gasteiger partial charge in [-0.2, -0.15) is 0 Å². The van der Waals surface area contributed by atoms with Crippen molar-refractivity contribution in [1.29, 1.82) is 0 Å². The van der Waals surface area contributed by atoms with Gasteiger partial charge in [0.05, 0.1) is 12.1 Å². The number of anilines is 2. The van der Waals surface area contributed by atoms with E-state index in [1.807, 2.05) is 13.0 Å². The van der Waals surface area contributed by atoms with Crippen LogP contribution in [-0.2, 0) is 4.79 Å². The predicted octanol–water partition coefficient (Wildman–Crippen LogP) is 5.32. The standard InChI is InChI=1S/C24H23ClN2O4/c1-15-4-13-21(25)22(14-15)31-16(2)23(28)26-18-7-5-17(6-8-18)24(29)27-19-9-11-20(30-3)12-10-19/h4-14,16H,1-3H3,(H,26,28)(H,27,29). The second-order valence-corrected chi connectivity index (χ2v) is 7.35. The van der Waals surface area contributed by atoms with Gasteiger partial charge in [0, 0.05) is 16.9 Å². The van der Waals surface area contributed by atoms with Crippen molar-refractivity contribution in [3.05, 3.63) is 82.9 Å². The van der Waals surface area contributed by atoms with E-state index >= 15 is 0 Å². The minimum absolute atomic E-state index is 0.256. The minimum atomic E-state index is -0.752. The van der Waals surface area contributed by atoms with E-state index in [0.717, 1.165) is 5.56 Å². The molecular formula is C24H23ClN2O4. The van der Waals surface area contributed by atoms with Crippen molar-refractivity contribution in [3.63, 3.8) is 0 Å². The number of amides is 2. The summed E-state index contributed by atoms with van der Waals surface area (Å²) in [6.45, 7) is 3.56. The van der Waals surface area contributed by atoms with Crippen LogP contribution in [0.3, 0.4) is 0 Å². The molecule has 31 heavy (non-hydrogen) atoms. The van der Waals surface area contributed by atoms with Crippen LogP contribution in [0.4, 0.5) is 11.4 Å². The fourth-order valence-electron chi connectivity index (χ4n) is 2.77. The molecule has 2 N–H and O–H groups in total. The van der Waals surface area contributed by atoms with Crippen LogP contribution in [-0.4, -0.2) is 25.0 Å². The first-order chi connectivity index (χ1) is 14.9. The smallest absolute Gasteiger partial charge is 0.265 e. The van der Waals surface area contributed by atoms with Gasteiger partial charge < -0.3 is 20.1 Å². The van der Waals surface area contributed by atoms with Crippen molar-refractivity contribution in [2.24, 2.45) is 0 Å². The number of benzene rings is 3. The quantitative estimate of drug-likeness (QED) is 0.523. The molecule has 0 fully saturated rings. The van der Waals surface area contributed by atoms with E-state index in [-0.39, 0.29) is 11.8 Å². The highest BCUT2D eigenvalue weighted by molar-refractivity contribution is 6.32. The Morgan fingerprint density at radius 2 is 1.52 bits per heavy atom. The maximum atomic E-state index is 12.5. The van der Waals surface area contributed by atoms with Crippen molar-refractivity contribution in [2.75, 3.05) is 17.7 Å². The molecule has 0 saturated carbocycles. The van der Waals surface area contributed by atoms with E-state index in [9.17, 15) is 9.59 Å². The van der Waals surface area contributed by atoms with E-state index in [1.54, 1.807) is 74.7 Å². The van der Waals surface area contributed by atoms with Gasteiger partial charge in [-0.1, -0.05) is 17.7 Å². The number of methoxy groups -OCH3 is 1. The van der Waals surface area contributed by atoms with Gasteiger partial charge in [0.2, 0.25) is 0 Å². The number of hydrogen-bond acceptors (Lipinski definition) is 4. The second-order valence-electron chi connectivity index (χ2n) is 6.94. The first-order valence-electron chi connectivity index (χ1n) is 9.65. The zero-order valence-corrected chi connectivity index (χ0v) is 18.2. The third kappa shape index (κ3) is 5.99. The summed E-state index contributed by atoms with van der Waals surface area (Å²) in [5, 5.41) is 6.02. The summed E-state index contributed by atoms with van der Waals surface area (Å²) in [7, 11) is 1.58. The molecule has 0 radical (unpaired) electrons. The summed E-state index contributed by atoms with van der Waals surface area (Å²) in [6.07, 6.45) is -0.752. The molecule has 160 valence electrons. The number of ether oxygens (including phenoxy) is 2. The number of rotatable bonds is 7.